The summed E-state index contributed by atoms with van der Waals surface area (Å²) in [6.07, 6.45) is 5.47. The van der Waals surface area contributed by atoms with Crippen molar-refractivity contribution in [3.05, 3.63) is 35.9 Å². The molecule has 1 heterocycles. The van der Waals surface area contributed by atoms with E-state index in [1.54, 1.807) is 0 Å². The number of nitrogens with zero attached hydrogens (tertiary/aromatic N) is 1. The van der Waals surface area contributed by atoms with Gasteiger partial charge in [0.25, 0.3) is 0 Å². The van der Waals surface area contributed by atoms with Crippen LogP contribution in [0, 0.1) is 0 Å². The summed E-state index contributed by atoms with van der Waals surface area (Å²) in [7, 11) is 0. The fourth-order valence-corrected chi connectivity index (χ4v) is 3.25. The van der Waals surface area contributed by atoms with Crippen LogP contribution in [0.15, 0.2) is 30.3 Å². The smallest absolute Gasteiger partial charge is 0.221 e. The van der Waals surface area contributed by atoms with Crippen LogP contribution < -0.4 is 11.1 Å². The Balaban J connectivity index is 1.69. The van der Waals surface area contributed by atoms with E-state index in [0.717, 1.165) is 25.2 Å². The average molecular weight is 303 g/mol. The molecule has 1 amide bonds. The second kappa shape index (κ2) is 8.91. The number of hydrogen-bond donors (Lipinski definition) is 2. The minimum absolute atomic E-state index is 0.0430. The van der Waals surface area contributed by atoms with E-state index in [-0.39, 0.29) is 11.9 Å². The van der Waals surface area contributed by atoms with E-state index in [0.29, 0.717) is 12.5 Å². The highest BCUT2D eigenvalue weighted by molar-refractivity contribution is 5.76. The molecule has 2 unspecified atom stereocenters. The number of piperidine rings is 1. The van der Waals surface area contributed by atoms with Crippen LogP contribution in [0.25, 0.3) is 0 Å². The number of nitrogens with two attached hydrogens (primary N) is 1. The number of likely N-dealkylation sites (tertiary alicyclic amines) is 1. The van der Waals surface area contributed by atoms with E-state index in [2.05, 4.69) is 17.1 Å². The van der Waals surface area contributed by atoms with Gasteiger partial charge in [-0.05, 0) is 31.4 Å². The van der Waals surface area contributed by atoms with Gasteiger partial charge < -0.3 is 11.1 Å². The molecule has 0 aromatic heterocycles. The number of nitrogens with one attached hydrogen (secondary N) is 1. The van der Waals surface area contributed by atoms with Gasteiger partial charge in [-0.2, -0.15) is 0 Å². The van der Waals surface area contributed by atoms with Crippen LogP contribution in [0.1, 0.15) is 50.6 Å². The first-order valence-electron chi connectivity index (χ1n) is 8.52. The van der Waals surface area contributed by atoms with Crippen molar-refractivity contribution in [3.63, 3.8) is 0 Å². The number of amides is 1. The highest BCUT2D eigenvalue weighted by atomic mass is 16.1. The second-order valence-electron chi connectivity index (χ2n) is 6.17. The summed E-state index contributed by atoms with van der Waals surface area (Å²) in [5.41, 5.74) is 7.10. The standard InChI is InChI=1S/C18H29N3O/c1-2-16-10-6-7-12-21(16)13-11-20-18(22)14-17(19)15-8-4-3-5-9-15/h3-5,8-9,16-17H,2,6-7,10-14,19H2,1H3,(H,20,22). The molecule has 3 N–H and O–H groups in total. The quantitative estimate of drug-likeness (QED) is 0.813. The Hall–Kier alpha value is -1.39. The van der Waals surface area contributed by atoms with Gasteiger partial charge in [0, 0.05) is 31.6 Å². The third-order valence-corrected chi connectivity index (χ3v) is 4.57. The molecule has 22 heavy (non-hydrogen) atoms. The number of carbonyl (C=O) groups excluding carboxylic acids is 1. The molecule has 0 bridgehead atoms. The lowest BCUT2D eigenvalue weighted by Crippen LogP contribution is -2.43. The highest BCUT2D eigenvalue weighted by Gasteiger charge is 2.20. The largest absolute Gasteiger partial charge is 0.355 e. The van der Waals surface area contributed by atoms with Crippen LogP contribution in [-0.2, 0) is 4.79 Å². The SMILES string of the molecule is CCC1CCCCN1CCNC(=O)CC(N)c1ccccc1. The molecule has 2 rings (SSSR count). The first-order valence-corrected chi connectivity index (χ1v) is 8.52. The van der Waals surface area contributed by atoms with Crippen molar-refractivity contribution >= 4 is 5.91 Å². The number of hydrogen-bond acceptors (Lipinski definition) is 3. The molecule has 1 aliphatic rings. The molecular formula is C18H29N3O. The molecule has 4 nitrogen and oxygen atoms in total. The minimum Gasteiger partial charge on any atom is -0.355 e. The van der Waals surface area contributed by atoms with E-state index in [4.69, 9.17) is 5.73 Å². The van der Waals surface area contributed by atoms with Crippen LogP contribution in [0.5, 0.6) is 0 Å². The summed E-state index contributed by atoms with van der Waals surface area (Å²) in [4.78, 5) is 14.5. The summed E-state index contributed by atoms with van der Waals surface area (Å²) in [5, 5.41) is 3.01. The third kappa shape index (κ3) is 5.11. The van der Waals surface area contributed by atoms with Gasteiger partial charge in [0.15, 0.2) is 0 Å². The normalized spacial score (nSPS) is 20.5. The Kier molecular flexibility index (Phi) is 6.87. The molecule has 1 aliphatic heterocycles. The molecule has 1 aromatic rings. The van der Waals surface area contributed by atoms with E-state index in [9.17, 15) is 4.79 Å². The van der Waals surface area contributed by atoms with Gasteiger partial charge in [-0.15, -0.1) is 0 Å². The lowest BCUT2D eigenvalue weighted by atomic mass is 10.0. The molecule has 1 aromatic carbocycles. The van der Waals surface area contributed by atoms with Crippen molar-refractivity contribution in [1.29, 1.82) is 0 Å². The van der Waals surface area contributed by atoms with Crippen LogP contribution in [0.3, 0.4) is 0 Å². The maximum Gasteiger partial charge on any atom is 0.221 e. The Labute approximate surface area is 134 Å². The second-order valence-corrected chi connectivity index (χ2v) is 6.17. The van der Waals surface area contributed by atoms with Gasteiger partial charge in [0.2, 0.25) is 5.91 Å². The molecule has 1 saturated heterocycles. The van der Waals surface area contributed by atoms with E-state index in [1.807, 2.05) is 30.3 Å². The number of carbonyl (C=O) groups is 1. The van der Waals surface area contributed by atoms with Crippen molar-refractivity contribution in [2.45, 2.75) is 51.1 Å². The highest BCUT2D eigenvalue weighted by Crippen LogP contribution is 2.18. The van der Waals surface area contributed by atoms with Gasteiger partial charge >= 0.3 is 0 Å². The van der Waals surface area contributed by atoms with Crippen LogP contribution in [0.4, 0.5) is 0 Å². The monoisotopic (exact) mass is 303 g/mol. The molecule has 2 atom stereocenters. The lowest BCUT2D eigenvalue weighted by molar-refractivity contribution is -0.121. The first kappa shape index (κ1) is 17.0. The third-order valence-electron chi connectivity index (χ3n) is 4.57. The van der Waals surface area contributed by atoms with Gasteiger partial charge in [0.05, 0.1) is 0 Å². The summed E-state index contributed by atoms with van der Waals surface area (Å²) >= 11 is 0. The molecule has 0 saturated carbocycles. The van der Waals surface area contributed by atoms with Gasteiger partial charge in [0.1, 0.15) is 0 Å². The van der Waals surface area contributed by atoms with Crippen molar-refractivity contribution in [2.24, 2.45) is 5.73 Å². The molecule has 1 fully saturated rings. The average Bonchev–Trinajstić information content (AvgIpc) is 2.56. The van der Waals surface area contributed by atoms with Crippen LogP contribution >= 0.6 is 0 Å². The summed E-state index contributed by atoms with van der Waals surface area (Å²) in [5.74, 6) is 0.0430. The Bertz CT molecular complexity index is 449. The molecule has 122 valence electrons. The summed E-state index contributed by atoms with van der Waals surface area (Å²) in [6.45, 7) is 5.08. The Morgan fingerprint density at radius 2 is 2.14 bits per heavy atom. The van der Waals surface area contributed by atoms with E-state index >= 15 is 0 Å². The molecule has 0 radical (unpaired) electrons. The Morgan fingerprint density at radius 1 is 1.36 bits per heavy atom. The van der Waals surface area contributed by atoms with E-state index in [1.165, 1.54) is 25.7 Å². The summed E-state index contributed by atoms with van der Waals surface area (Å²) < 4.78 is 0. The van der Waals surface area contributed by atoms with Gasteiger partial charge in [-0.25, -0.2) is 0 Å². The molecule has 0 spiro atoms. The van der Waals surface area contributed by atoms with Crippen molar-refractivity contribution in [3.8, 4) is 0 Å². The maximum absolute atomic E-state index is 12.0. The molecule has 4 heteroatoms. The van der Waals surface area contributed by atoms with E-state index < -0.39 is 0 Å². The first-order chi connectivity index (χ1) is 10.7. The Morgan fingerprint density at radius 3 is 2.86 bits per heavy atom. The number of rotatable bonds is 7. The zero-order valence-corrected chi connectivity index (χ0v) is 13.6. The fourth-order valence-electron chi connectivity index (χ4n) is 3.25. The summed E-state index contributed by atoms with van der Waals surface area (Å²) in [6, 6.07) is 10.3. The predicted molar refractivity (Wildman–Crippen MR) is 90.5 cm³/mol. The molecular weight excluding hydrogens is 274 g/mol. The minimum atomic E-state index is -0.223. The zero-order chi connectivity index (χ0) is 15.8. The number of benzene rings is 1. The van der Waals surface area contributed by atoms with Gasteiger partial charge in [-0.1, -0.05) is 43.7 Å². The van der Waals surface area contributed by atoms with Crippen LogP contribution in [0.2, 0.25) is 0 Å². The fraction of sp³-hybridized carbons (Fsp3) is 0.611. The van der Waals surface area contributed by atoms with Gasteiger partial charge in [-0.3, -0.25) is 9.69 Å². The van der Waals surface area contributed by atoms with Crippen molar-refractivity contribution < 1.29 is 4.79 Å². The van der Waals surface area contributed by atoms with Crippen molar-refractivity contribution in [2.75, 3.05) is 19.6 Å². The topological polar surface area (TPSA) is 58.4 Å². The predicted octanol–water partition coefficient (Wildman–Crippen LogP) is 2.46. The maximum atomic E-state index is 12.0. The van der Waals surface area contributed by atoms with Crippen molar-refractivity contribution in [1.82, 2.24) is 10.2 Å². The molecule has 0 aliphatic carbocycles. The lowest BCUT2D eigenvalue weighted by Gasteiger charge is -2.35. The van der Waals surface area contributed by atoms with Crippen LogP contribution in [-0.4, -0.2) is 36.5 Å². The zero-order valence-electron chi connectivity index (χ0n) is 13.6.